The summed E-state index contributed by atoms with van der Waals surface area (Å²) in [6.07, 6.45) is 0. The molecule has 0 unspecified atom stereocenters. The van der Waals surface area contributed by atoms with E-state index in [-0.39, 0.29) is 5.91 Å². The molecule has 1 N–H and O–H groups in total. The zero-order chi connectivity index (χ0) is 13.1. The van der Waals surface area contributed by atoms with E-state index in [1.807, 2.05) is 44.2 Å². The van der Waals surface area contributed by atoms with Crippen LogP contribution in [0.5, 0.6) is 0 Å². The third kappa shape index (κ3) is 2.59. The highest BCUT2D eigenvalue weighted by Crippen LogP contribution is 2.18. The number of benzene rings is 2. The molecule has 0 bridgehead atoms. The fraction of sp³-hybridized carbons (Fsp3) is 0.125. The van der Waals surface area contributed by atoms with Gasteiger partial charge in [-0.1, -0.05) is 24.3 Å². The highest BCUT2D eigenvalue weighted by Gasteiger charge is 2.07. The lowest BCUT2D eigenvalue weighted by atomic mass is 10.1. The number of nitrogens with one attached hydrogen (secondary N) is 1. The molecule has 0 saturated heterocycles. The number of carbonyl (C=O) groups is 1. The fourth-order valence-corrected chi connectivity index (χ4v) is 1.74. The molecule has 91 valence electrons. The summed E-state index contributed by atoms with van der Waals surface area (Å²) in [4.78, 5) is 12.1. The van der Waals surface area contributed by atoms with Gasteiger partial charge in [-0.25, -0.2) is 0 Å². The maximum Gasteiger partial charge on any atom is 0.255 e. The highest BCUT2D eigenvalue weighted by molar-refractivity contribution is 6.04. The lowest BCUT2D eigenvalue weighted by molar-refractivity contribution is 0.102. The molecule has 0 heterocycles. The van der Waals surface area contributed by atoms with Gasteiger partial charge in [-0.3, -0.25) is 4.79 Å². The van der Waals surface area contributed by atoms with Crippen LogP contribution in [0.1, 0.15) is 27.0 Å². The molecule has 1 radical (unpaired) electrons. The molecule has 0 atom stereocenters. The molecule has 2 aromatic rings. The minimum Gasteiger partial charge on any atom is -0.322 e. The van der Waals surface area contributed by atoms with Crippen molar-refractivity contribution in [2.24, 2.45) is 0 Å². The molecular formula is C16H16NO. The van der Waals surface area contributed by atoms with E-state index in [0.717, 1.165) is 16.8 Å². The average Bonchev–Trinajstić information content (AvgIpc) is 2.36. The van der Waals surface area contributed by atoms with Crippen LogP contribution in [0.4, 0.5) is 5.69 Å². The van der Waals surface area contributed by atoms with Crippen molar-refractivity contribution in [2.75, 3.05) is 5.32 Å². The zero-order valence-corrected chi connectivity index (χ0v) is 10.7. The Hall–Kier alpha value is -2.09. The number of amides is 1. The molecule has 0 aromatic heterocycles. The van der Waals surface area contributed by atoms with Crippen LogP contribution in [0.2, 0.25) is 0 Å². The topological polar surface area (TPSA) is 29.1 Å². The number of aryl methyl sites for hydroxylation is 1. The molecule has 0 spiro atoms. The summed E-state index contributed by atoms with van der Waals surface area (Å²) < 4.78 is 0. The maximum atomic E-state index is 12.1. The van der Waals surface area contributed by atoms with Crippen molar-refractivity contribution in [2.45, 2.75) is 13.8 Å². The number of carbonyl (C=O) groups excluding carboxylic acids is 1. The lowest BCUT2D eigenvalue weighted by Gasteiger charge is -2.10. The van der Waals surface area contributed by atoms with Crippen LogP contribution in [-0.4, -0.2) is 5.91 Å². The van der Waals surface area contributed by atoms with Crippen LogP contribution in [0, 0.1) is 20.8 Å². The van der Waals surface area contributed by atoms with E-state index in [9.17, 15) is 4.79 Å². The van der Waals surface area contributed by atoms with Gasteiger partial charge in [0, 0.05) is 11.3 Å². The second-order valence-electron chi connectivity index (χ2n) is 4.40. The highest BCUT2D eigenvalue weighted by atomic mass is 16.1. The Morgan fingerprint density at radius 1 is 1.06 bits per heavy atom. The summed E-state index contributed by atoms with van der Waals surface area (Å²) in [7, 11) is 0. The van der Waals surface area contributed by atoms with Crippen molar-refractivity contribution in [3.05, 3.63) is 71.6 Å². The summed E-state index contributed by atoms with van der Waals surface area (Å²) in [6.45, 7) is 7.83. The Morgan fingerprint density at radius 2 is 1.72 bits per heavy atom. The molecule has 0 saturated carbocycles. The van der Waals surface area contributed by atoms with Crippen LogP contribution in [0.15, 0.2) is 42.5 Å². The van der Waals surface area contributed by atoms with E-state index in [2.05, 4.69) is 12.2 Å². The lowest BCUT2D eigenvalue weighted by Crippen LogP contribution is -2.12. The first-order valence-corrected chi connectivity index (χ1v) is 5.87. The number of hydrogen-bond acceptors (Lipinski definition) is 1. The minimum atomic E-state index is -0.0938. The second kappa shape index (κ2) is 5.05. The number of anilines is 1. The Bertz CT molecular complexity index is 570. The van der Waals surface area contributed by atoms with Gasteiger partial charge in [0.05, 0.1) is 0 Å². The molecule has 0 aliphatic carbocycles. The molecule has 0 aliphatic heterocycles. The molecule has 0 aliphatic rings. The zero-order valence-electron chi connectivity index (χ0n) is 10.7. The third-order valence-corrected chi connectivity index (χ3v) is 3.07. The monoisotopic (exact) mass is 238 g/mol. The Labute approximate surface area is 108 Å². The molecule has 1 amide bonds. The SMILES string of the molecule is [CH2]c1ccc(C(=O)Nc2cccc(C)c2C)cc1. The average molecular weight is 238 g/mol. The van der Waals surface area contributed by atoms with Crippen LogP contribution < -0.4 is 5.32 Å². The van der Waals surface area contributed by atoms with Gasteiger partial charge >= 0.3 is 0 Å². The van der Waals surface area contributed by atoms with E-state index < -0.39 is 0 Å². The third-order valence-electron chi connectivity index (χ3n) is 3.07. The Balaban J connectivity index is 2.21. The van der Waals surface area contributed by atoms with Crippen LogP contribution >= 0.6 is 0 Å². The largest absolute Gasteiger partial charge is 0.322 e. The van der Waals surface area contributed by atoms with Gasteiger partial charge in [0.15, 0.2) is 0 Å². The van der Waals surface area contributed by atoms with Crippen molar-refractivity contribution in [3.63, 3.8) is 0 Å². The van der Waals surface area contributed by atoms with Crippen molar-refractivity contribution in [1.29, 1.82) is 0 Å². The van der Waals surface area contributed by atoms with Gasteiger partial charge in [0.1, 0.15) is 0 Å². The molecule has 2 nitrogen and oxygen atoms in total. The van der Waals surface area contributed by atoms with Gasteiger partial charge in [0.25, 0.3) is 5.91 Å². The first-order chi connectivity index (χ1) is 8.58. The molecule has 18 heavy (non-hydrogen) atoms. The Morgan fingerprint density at radius 3 is 2.39 bits per heavy atom. The molecule has 2 heteroatoms. The summed E-state index contributed by atoms with van der Waals surface area (Å²) >= 11 is 0. The Kier molecular flexibility index (Phi) is 3.47. The predicted octanol–water partition coefficient (Wildman–Crippen LogP) is 3.74. The van der Waals surface area contributed by atoms with Crippen molar-refractivity contribution in [1.82, 2.24) is 0 Å². The first kappa shape index (κ1) is 12.4. The second-order valence-corrected chi connectivity index (χ2v) is 4.40. The van der Waals surface area contributed by atoms with Crippen LogP contribution in [0.3, 0.4) is 0 Å². The van der Waals surface area contributed by atoms with E-state index in [1.165, 1.54) is 5.56 Å². The van der Waals surface area contributed by atoms with E-state index in [0.29, 0.717) is 5.56 Å². The molecule has 2 rings (SSSR count). The molecule has 0 fully saturated rings. The van der Waals surface area contributed by atoms with E-state index in [4.69, 9.17) is 0 Å². The number of hydrogen-bond donors (Lipinski definition) is 1. The number of rotatable bonds is 2. The maximum absolute atomic E-state index is 12.1. The summed E-state index contributed by atoms with van der Waals surface area (Å²) in [5.41, 5.74) is 4.67. The van der Waals surface area contributed by atoms with Crippen LogP contribution in [-0.2, 0) is 0 Å². The first-order valence-electron chi connectivity index (χ1n) is 5.87. The van der Waals surface area contributed by atoms with E-state index >= 15 is 0 Å². The van der Waals surface area contributed by atoms with Crippen molar-refractivity contribution >= 4 is 11.6 Å². The van der Waals surface area contributed by atoms with Gasteiger partial charge < -0.3 is 5.32 Å². The van der Waals surface area contributed by atoms with Crippen molar-refractivity contribution in [3.8, 4) is 0 Å². The van der Waals surface area contributed by atoms with Gasteiger partial charge in [0.2, 0.25) is 0 Å². The summed E-state index contributed by atoms with van der Waals surface area (Å²) in [5, 5.41) is 2.93. The van der Waals surface area contributed by atoms with Gasteiger partial charge in [-0.15, -0.1) is 0 Å². The van der Waals surface area contributed by atoms with Crippen LogP contribution in [0.25, 0.3) is 0 Å². The van der Waals surface area contributed by atoms with Gasteiger partial charge in [-0.05, 0) is 55.7 Å². The van der Waals surface area contributed by atoms with Crippen molar-refractivity contribution < 1.29 is 4.79 Å². The fourth-order valence-electron chi connectivity index (χ4n) is 1.74. The smallest absolute Gasteiger partial charge is 0.255 e. The normalized spacial score (nSPS) is 10.2. The summed E-state index contributed by atoms with van der Waals surface area (Å²) in [5.74, 6) is -0.0938. The quantitative estimate of drug-likeness (QED) is 0.848. The standard InChI is InChI=1S/C16H16NO/c1-11-7-9-14(10-8-11)16(18)17-15-6-4-5-12(2)13(15)3/h4-10H,1H2,2-3H3,(H,17,18). The molecular weight excluding hydrogens is 222 g/mol. The summed E-state index contributed by atoms with van der Waals surface area (Å²) in [6, 6.07) is 13.1. The van der Waals surface area contributed by atoms with E-state index in [1.54, 1.807) is 12.1 Å². The predicted molar refractivity (Wildman–Crippen MR) is 74.8 cm³/mol. The minimum absolute atomic E-state index is 0.0938. The molecule has 2 aromatic carbocycles. The van der Waals surface area contributed by atoms with Gasteiger partial charge in [-0.2, -0.15) is 0 Å².